The summed E-state index contributed by atoms with van der Waals surface area (Å²) >= 11 is 0. The maximum Gasteiger partial charge on any atom is 0.311 e. The van der Waals surface area contributed by atoms with Gasteiger partial charge < -0.3 is 14.7 Å². The predicted octanol–water partition coefficient (Wildman–Crippen LogP) is 2.73. The Balaban J connectivity index is 1.70. The van der Waals surface area contributed by atoms with Crippen LogP contribution in [0, 0.1) is 5.41 Å². The van der Waals surface area contributed by atoms with Crippen molar-refractivity contribution in [3.8, 4) is 5.75 Å². The van der Waals surface area contributed by atoms with Crippen molar-refractivity contribution in [2.45, 2.75) is 39.0 Å². The fraction of sp³-hybridized carbons (Fsp3) is 0.556. The summed E-state index contributed by atoms with van der Waals surface area (Å²) in [4.78, 5) is 25.1. The number of carbonyl (C=O) groups is 2. The summed E-state index contributed by atoms with van der Waals surface area (Å²) in [5, 5.41) is 9.20. The molecule has 0 unspecified atom stereocenters. The number of aliphatic carboxylic acids is 1. The maximum absolute atomic E-state index is 12.2. The molecule has 1 amide bonds. The molecule has 0 saturated carbocycles. The first kappa shape index (κ1) is 17.3. The van der Waals surface area contributed by atoms with E-state index >= 15 is 0 Å². The van der Waals surface area contributed by atoms with Crippen LogP contribution in [-0.4, -0.2) is 42.1 Å². The number of hydrogen-bond donors (Lipinski definition) is 1. The van der Waals surface area contributed by atoms with Crippen LogP contribution in [0.3, 0.4) is 0 Å². The number of amides is 1. The van der Waals surface area contributed by atoms with E-state index < -0.39 is 11.4 Å². The zero-order valence-electron chi connectivity index (χ0n) is 13.9. The van der Waals surface area contributed by atoms with Crippen molar-refractivity contribution in [3.63, 3.8) is 0 Å². The number of carboxylic acids is 1. The van der Waals surface area contributed by atoms with E-state index in [1.807, 2.05) is 24.3 Å². The quantitative estimate of drug-likeness (QED) is 0.785. The molecule has 1 saturated heterocycles. The van der Waals surface area contributed by atoms with E-state index in [0.717, 1.165) is 25.0 Å². The minimum Gasteiger partial charge on any atom is -0.497 e. The molecule has 1 N–H and O–H groups in total. The summed E-state index contributed by atoms with van der Waals surface area (Å²) in [6.07, 6.45) is 3.74. The SMILES string of the molecule is COc1ccc(CCCCC(=O)N2CC[C@@](C)(C(=O)O)C2)cc1. The minimum absolute atomic E-state index is 0.0738. The summed E-state index contributed by atoms with van der Waals surface area (Å²) in [5.41, 5.74) is 0.455. The van der Waals surface area contributed by atoms with Gasteiger partial charge in [0.15, 0.2) is 0 Å². The maximum atomic E-state index is 12.2. The summed E-state index contributed by atoms with van der Waals surface area (Å²) in [6, 6.07) is 7.97. The predicted molar refractivity (Wildman–Crippen MR) is 87.5 cm³/mol. The van der Waals surface area contributed by atoms with Crippen molar-refractivity contribution in [2.24, 2.45) is 5.41 Å². The Morgan fingerprint density at radius 2 is 1.96 bits per heavy atom. The monoisotopic (exact) mass is 319 g/mol. The van der Waals surface area contributed by atoms with Gasteiger partial charge in [-0.05, 0) is 50.3 Å². The van der Waals surface area contributed by atoms with Crippen molar-refractivity contribution in [2.75, 3.05) is 20.2 Å². The van der Waals surface area contributed by atoms with Crippen molar-refractivity contribution >= 4 is 11.9 Å². The van der Waals surface area contributed by atoms with Gasteiger partial charge >= 0.3 is 5.97 Å². The lowest BCUT2D eigenvalue weighted by Crippen LogP contribution is -2.34. The van der Waals surface area contributed by atoms with E-state index in [1.165, 1.54) is 5.56 Å². The number of methoxy groups -OCH3 is 1. The van der Waals surface area contributed by atoms with E-state index in [2.05, 4.69) is 0 Å². The highest BCUT2D eigenvalue weighted by molar-refractivity contribution is 5.80. The summed E-state index contributed by atoms with van der Waals surface area (Å²) in [5.74, 6) is 0.108. The molecule has 126 valence electrons. The Morgan fingerprint density at radius 1 is 1.26 bits per heavy atom. The van der Waals surface area contributed by atoms with Crippen LogP contribution in [0.1, 0.15) is 38.2 Å². The van der Waals surface area contributed by atoms with Crippen molar-refractivity contribution in [3.05, 3.63) is 29.8 Å². The molecule has 1 aliphatic heterocycles. The molecular formula is C18H25NO4. The fourth-order valence-corrected chi connectivity index (χ4v) is 2.90. The number of hydrogen-bond acceptors (Lipinski definition) is 3. The van der Waals surface area contributed by atoms with E-state index in [-0.39, 0.29) is 5.91 Å². The lowest BCUT2D eigenvalue weighted by Gasteiger charge is -2.20. The molecule has 1 fully saturated rings. The number of ether oxygens (including phenoxy) is 1. The Kier molecular flexibility index (Phi) is 5.64. The van der Waals surface area contributed by atoms with Crippen LogP contribution >= 0.6 is 0 Å². The van der Waals surface area contributed by atoms with Crippen molar-refractivity contribution in [1.82, 2.24) is 4.90 Å². The average Bonchev–Trinajstić information content (AvgIpc) is 2.96. The highest BCUT2D eigenvalue weighted by Crippen LogP contribution is 2.30. The number of likely N-dealkylation sites (tertiary alicyclic amines) is 1. The molecule has 1 heterocycles. The van der Waals surface area contributed by atoms with Crippen LogP contribution in [0.25, 0.3) is 0 Å². The molecule has 1 aromatic carbocycles. The van der Waals surface area contributed by atoms with Gasteiger partial charge in [-0.25, -0.2) is 0 Å². The third kappa shape index (κ3) is 4.47. The van der Waals surface area contributed by atoms with Gasteiger partial charge in [-0.2, -0.15) is 0 Å². The van der Waals surface area contributed by atoms with Crippen molar-refractivity contribution < 1.29 is 19.4 Å². The second kappa shape index (κ2) is 7.49. The molecule has 23 heavy (non-hydrogen) atoms. The van der Waals surface area contributed by atoms with Crippen molar-refractivity contribution in [1.29, 1.82) is 0 Å². The van der Waals surface area contributed by atoms with E-state index in [0.29, 0.717) is 25.9 Å². The number of unbranched alkanes of at least 4 members (excludes halogenated alkanes) is 1. The van der Waals surface area contributed by atoms with Crippen LogP contribution in [0.5, 0.6) is 5.75 Å². The molecule has 5 nitrogen and oxygen atoms in total. The van der Waals surface area contributed by atoms with Gasteiger partial charge in [0.05, 0.1) is 12.5 Å². The number of rotatable bonds is 7. The van der Waals surface area contributed by atoms with Gasteiger partial charge in [-0.1, -0.05) is 12.1 Å². The molecular weight excluding hydrogens is 294 g/mol. The Bertz CT molecular complexity index is 555. The first-order valence-corrected chi connectivity index (χ1v) is 8.09. The van der Waals surface area contributed by atoms with E-state index in [4.69, 9.17) is 4.74 Å². The lowest BCUT2D eigenvalue weighted by atomic mass is 9.90. The average molecular weight is 319 g/mol. The highest BCUT2D eigenvalue weighted by Gasteiger charge is 2.41. The molecule has 1 aromatic rings. The molecule has 0 spiro atoms. The number of carbonyl (C=O) groups excluding carboxylic acids is 1. The molecule has 0 bridgehead atoms. The Morgan fingerprint density at radius 3 is 2.52 bits per heavy atom. The van der Waals surface area contributed by atoms with Gasteiger partial charge in [0, 0.05) is 19.5 Å². The number of nitrogens with zero attached hydrogens (tertiary/aromatic N) is 1. The Hall–Kier alpha value is -2.04. The number of aryl methyl sites for hydroxylation is 1. The second-order valence-corrected chi connectivity index (χ2v) is 6.49. The first-order valence-electron chi connectivity index (χ1n) is 8.09. The Labute approximate surface area is 137 Å². The second-order valence-electron chi connectivity index (χ2n) is 6.49. The zero-order valence-corrected chi connectivity index (χ0v) is 13.9. The van der Waals surface area contributed by atoms with Crippen LogP contribution < -0.4 is 4.74 Å². The topological polar surface area (TPSA) is 66.8 Å². The molecule has 0 radical (unpaired) electrons. The summed E-state index contributed by atoms with van der Waals surface area (Å²) in [6.45, 7) is 2.60. The van der Waals surface area contributed by atoms with Crippen LogP contribution in [0.4, 0.5) is 0 Å². The number of benzene rings is 1. The van der Waals surface area contributed by atoms with Gasteiger partial charge in [-0.15, -0.1) is 0 Å². The molecule has 2 rings (SSSR count). The molecule has 0 aromatic heterocycles. The smallest absolute Gasteiger partial charge is 0.311 e. The van der Waals surface area contributed by atoms with Gasteiger partial charge in [0.2, 0.25) is 5.91 Å². The van der Waals surface area contributed by atoms with Gasteiger partial charge in [-0.3, -0.25) is 9.59 Å². The zero-order chi connectivity index (χ0) is 16.9. The molecule has 1 aliphatic rings. The third-order valence-electron chi connectivity index (χ3n) is 4.61. The largest absolute Gasteiger partial charge is 0.497 e. The van der Waals surface area contributed by atoms with Crippen LogP contribution in [-0.2, 0) is 16.0 Å². The highest BCUT2D eigenvalue weighted by atomic mass is 16.5. The lowest BCUT2D eigenvalue weighted by molar-refractivity contribution is -0.147. The standard InChI is InChI=1S/C18H25NO4/c1-18(17(21)22)11-12-19(13-18)16(20)6-4-3-5-14-7-9-15(23-2)10-8-14/h7-10H,3-6,11-13H2,1-2H3,(H,21,22)/t18-/m1/s1. The van der Waals surface area contributed by atoms with Crippen LogP contribution in [0.15, 0.2) is 24.3 Å². The van der Waals surface area contributed by atoms with E-state index in [9.17, 15) is 14.7 Å². The molecule has 5 heteroatoms. The summed E-state index contributed by atoms with van der Waals surface area (Å²) in [7, 11) is 1.65. The minimum atomic E-state index is -0.813. The summed E-state index contributed by atoms with van der Waals surface area (Å²) < 4.78 is 5.12. The van der Waals surface area contributed by atoms with Gasteiger partial charge in [0.25, 0.3) is 0 Å². The number of carboxylic acid groups (broad SMARTS) is 1. The van der Waals surface area contributed by atoms with E-state index in [1.54, 1.807) is 18.9 Å². The molecule has 1 atom stereocenters. The fourth-order valence-electron chi connectivity index (χ4n) is 2.90. The van der Waals surface area contributed by atoms with Crippen LogP contribution in [0.2, 0.25) is 0 Å². The van der Waals surface area contributed by atoms with Gasteiger partial charge in [0.1, 0.15) is 5.75 Å². The third-order valence-corrected chi connectivity index (χ3v) is 4.61. The normalized spacial score (nSPS) is 20.5. The molecule has 0 aliphatic carbocycles. The first-order chi connectivity index (χ1) is 10.9.